The molecule has 19 heavy (non-hydrogen) atoms. The van der Waals surface area contributed by atoms with Crippen LogP contribution in [0.3, 0.4) is 0 Å². The van der Waals surface area contributed by atoms with Crippen molar-refractivity contribution in [3.63, 3.8) is 0 Å². The first-order chi connectivity index (χ1) is 8.93. The van der Waals surface area contributed by atoms with Crippen LogP contribution in [0, 0.1) is 5.92 Å². The van der Waals surface area contributed by atoms with Gasteiger partial charge in [0.15, 0.2) is 0 Å². The van der Waals surface area contributed by atoms with E-state index in [1.807, 2.05) is 0 Å². The topological polar surface area (TPSA) is 0 Å². The van der Waals surface area contributed by atoms with Crippen LogP contribution < -0.4 is 0 Å². The van der Waals surface area contributed by atoms with Crippen LogP contribution in [0.4, 0.5) is 0 Å². The predicted molar refractivity (Wildman–Crippen MR) is 94.4 cm³/mol. The Labute approximate surface area is 127 Å². The van der Waals surface area contributed by atoms with Crippen LogP contribution in [-0.4, -0.2) is 11.0 Å². The van der Waals surface area contributed by atoms with Crippen LogP contribution in [0.15, 0.2) is 0 Å². The zero-order chi connectivity index (χ0) is 12.9. The third-order valence-electron chi connectivity index (χ3n) is 4.69. The maximum Gasteiger partial charge on any atom is -0.0149 e. The first-order valence-electron chi connectivity index (χ1n) is 8.93. The predicted octanol–water partition coefficient (Wildman–Crippen LogP) is 5.43. The van der Waals surface area contributed by atoms with Crippen molar-refractivity contribution in [2.24, 2.45) is 5.92 Å². The Morgan fingerprint density at radius 1 is 0.632 bits per heavy atom. The van der Waals surface area contributed by atoms with Gasteiger partial charge in [-0.15, -0.1) is 0 Å². The van der Waals surface area contributed by atoms with Gasteiger partial charge in [0, 0.05) is 0 Å². The quantitative estimate of drug-likeness (QED) is 0.391. The Kier molecular flexibility index (Phi) is 14.8. The molecule has 1 rings (SSSR count). The molecular weight excluding hydrogens is 244 g/mol. The lowest BCUT2D eigenvalue weighted by Crippen LogP contribution is -2.03. The van der Waals surface area contributed by atoms with E-state index in [1.54, 1.807) is 0 Å². The molecule has 1 heteroatoms. The van der Waals surface area contributed by atoms with E-state index >= 15 is 0 Å². The summed E-state index contributed by atoms with van der Waals surface area (Å²) in [6.07, 6.45) is 23.9. The molecule has 0 amide bonds. The zero-order valence-electron chi connectivity index (χ0n) is 12.9. The summed E-state index contributed by atoms with van der Waals surface area (Å²) in [5.41, 5.74) is 0. The van der Waals surface area contributed by atoms with E-state index in [2.05, 4.69) is 6.92 Å². The number of rotatable bonds is 9. The van der Waals surface area contributed by atoms with Crippen LogP contribution >= 0.6 is 0 Å². The normalized spacial score (nSPS) is 17.5. The standard InChI is InChI=1S/C18H36.H4Si/c1-2-3-4-5-6-7-9-12-15-18-16-13-10-8-11-14-17-18;/h18H,2-17H2,1H3;1H4. The Bertz CT molecular complexity index is 159. The van der Waals surface area contributed by atoms with Crippen LogP contribution in [0.25, 0.3) is 0 Å². The molecule has 0 unspecified atom stereocenters. The van der Waals surface area contributed by atoms with Gasteiger partial charge in [0.05, 0.1) is 0 Å². The van der Waals surface area contributed by atoms with Crippen molar-refractivity contribution in [3.8, 4) is 0 Å². The second-order valence-electron chi connectivity index (χ2n) is 6.47. The van der Waals surface area contributed by atoms with Crippen LogP contribution in [0.5, 0.6) is 0 Å². The SMILES string of the molecule is CCCCCCCCCCC1CCCCCCC1.[SiH4]. The molecule has 1 aliphatic carbocycles. The van der Waals surface area contributed by atoms with Gasteiger partial charge in [0.25, 0.3) is 0 Å². The second-order valence-corrected chi connectivity index (χ2v) is 6.47. The summed E-state index contributed by atoms with van der Waals surface area (Å²) in [7, 11) is 0. The molecular formula is C18H40Si. The maximum atomic E-state index is 2.30. The Hall–Kier alpha value is 0.217. The van der Waals surface area contributed by atoms with Gasteiger partial charge in [-0.1, -0.05) is 110 Å². The average Bonchev–Trinajstić information content (AvgIpc) is 2.34. The lowest BCUT2D eigenvalue weighted by molar-refractivity contribution is 0.346. The molecule has 0 N–H and O–H groups in total. The fourth-order valence-electron chi connectivity index (χ4n) is 3.40. The second kappa shape index (κ2) is 14.6. The number of hydrogen-bond donors (Lipinski definition) is 0. The van der Waals surface area contributed by atoms with Crippen LogP contribution in [-0.2, 0) is 0 Å². The van der Waals surface area contributed by atoms with Gasteiger partial charge in [0.1, 0.15) is 0 Å². The Balaban J connectivity index is 0.00000324. The average molecular weight is 285 g/mol. The minimum atomic E-state index is 0. The summed E-state index contributed by atoms with van der Waals surface area (Å²) in [6.45, 7) is 2.30. The molecule has 116 valence electrons. The van der Waals surface area contributed by atoms with Crippen LogP contribution in [0.2, 0.25) is 0 Å². The first-order valence-corrected chi connectivity index (χ1v) is 8.93. The van der Waals surface area contributed by atoms with Crippen molar-refractivity contribution in [2.45, 2.75) is 110 Å². The third-order valence-corrected chi connectivity index (χ3v) is 4.69. The summed E-state index contributed by atoms with van der Waals surface area (Å²) in [5, 5.41) is 0. The molecule has 0 radical (unpaired) electrons. The van der Waals surface area contributed by atoms with Crippen LogP contribution in [0.1, 0.15) is 110 Å². The van der Waals surface area contributed by atoms with Crippen molar-refractivity contribution in [2.75, 3.05) is 0 Å². The highest BCUT2D eigenvalue weighted by molar-refractivity contribution is 5.75. The van der Waals surface area contributed by atoms with E-state index in [-0.39, 0.29) is 11.0 Å². The van der Waals surface area contributed by atoms with Gasteiger partial charge >= 0.3 is 0 Å². The summed E-state index contributed by atoms with van der Waals surface area (Å²) in [5.74, 6) is 1.09. The van der Waals surface area contributed by atoms with Gasteiger partial charge in [-0.25, -0.2) is 0 Å². The molecule has 1 aliphatic rings. The lowest BCUT2D eigenvalue weighted by Gasteiger charge is -2.19. The molecule has 0 aromatic carbocycles. The minimum Gasteiger partial charge on any atom is -0.0654 e. The number of unbranched alkanes of at least 4 members (excludes halogenated alkanes) is 7. The first kappa shape index (κ1) is 19.2. The third kappa shape index (κ3) is 11.7. The van der Waals surface area contributed by atoms with Gasteiger partial charge in [-0.2, -0.15) is 0 Å². The van der Waals surface area contributed by atoms with Gasteiger partial charge in [0.2, 0.25) is 0 Å². The zero-order valence-corrected chi connectivity index (χ0v) is 12.9. The molecule has 1 fully saturated rings. The van der Waals surface area contributed by atoms with E-state index in [4.69, 9.17) is 0 Å². The monoisotopic (exact) mass is 284 g/mol. The Morgan fingerprint density at radius 2 is 1.11 bits per heavy atom. The summed E-state index contributed by atoms with van der Waals surface area (Å²) in [6, 6.07) is 0. The van der Waals surface area contributed by atoms with E-state index in [0.717, 1.165) is 5.92 Å². The van der Waals surface area contributed by atoms with Gasteiger partial charge < -0.3 is 0 Å². The largest absolute Gasteiger partial charge is 0.0654 e. The fraction of sp³-hybridized carbons (Fsp3) is 1.00. The van der Waals surface area contributed by atoms with Crippen molar-refractivity contribution in [3.05, 3.63) is 0 Å². The fourth-order valence-corrected chi connectivity index (χ4v) is 3.40. The van der Waals surface area contributed by atoms with E-state index < -0.39 is 0 Å². The molecule has 0 heterocycles. The van der Waals surface area contributed by atoms with Gasteiger partial charge in [-0.05, 0) is 16.9 Å². The van der Waals surface area contributed by atoms with Crippen molar-refractivity contribution in [1.29, 1.82) is 0 Å². The molecule has 0 aromatic rings. The van der Waals surface area contributed by atoms with Crippen molar-refractivity contribution in [1.82, 2.24) is 0 Å². The van der Waals surface area contributed by atoms with E-state index in [0.29, 0.717) is 0 Å². The molecule has 0 atom stereocenters. The Morgan fingerprint density at radius 3 is 1.68 bits per heavy atom. The maximum absolute atomic E-state index is 2.30. The lowest BCUT2D eigenvalue weighted by atomic mass is 9.87. The summed E-state index contributed by atoms with van der Waals surface area (Å²) >= 11 is 0. The molecule has 0 saturated heterocycles. The summed E-state index contributed by atoms with van der Waals surface area (Å²) < 4.78 is 0. The highest BCUT2D eigenvalue weighted by atomic mass is 28.1. The summed E-state index contributed by atoms with van der Waals surface area (Å²) in [4.78, 5) is 0. The van der Waals surface area contributed by atoms with E-state index in [9.17, 15) is 0 Å². The highest BCUT2D eigenvalue weighted by Crippen LogP contribution is 2.26. The van der Waals surface area contributed by atoms with Gasteiger partial charge in [-0.3, -0.25) is 0 Å². The van der Waals surface area contributed by atoms with Crippen molar-refractivity contribution < 1.29 is 0 Å². The number of hydrogen-bond acceptors (Lipinski definition) is 0. The smallest absolute Gasteiger partial charge is 0.0149 e. The van der Waals surface area contributed by atoms with E-state index in [1.165, 1.54) is 103 Å². The highest BCUT2D eigenvalue weighted by Gasteiger charge is 2.10. The van der Waals surface area contributed by atoms with Crippen molar-refractivity contribution >= 4 is 11.0 Å². The molecule has 0 spiro atoms. The molecule has 1 saturated carbocycles. The molecule has 0 bridgehead atoms. The molecule has 0 aromatic heterocycles. The molecule has 0 aliphatic heterocycles. The molecule has 0 nitrogen and oxygen atoms in total. The minimum absolute atomic E-state index is 0.